The number of carbonyl (C=O) groups excluding carboxylic acids is 2. The Morgan fingerprint density at radius 1 is 1.03 bits per heavy atom. The molecule has 29 heavy (non-hydrogen) atoms. The Hall–Kier alpha value is -2.70. The highest BCUT2D eigenvalue weighted by molar-refractivity contribution is 5.78. The summed E-state index contributed by atoms with van der Waals surface area (Å²) in [6, 6.07) is 10.5. The highest BCUT2D eigenvalue weighted by Gasteiger charge is 2.53. The molecule has 2 aromatic rings. The molecule has 2 aliphatic rings. The summed E-state index contributed by atoms with van der Waals surface area (Å²) in [6.07, 6.45) is 6.60. The molecule has 0 saturated carbocycles. The van der Waals surface area contributed by atoms with Gasteiger partial charge in [0.15, 0.2) is 0 Å². The van der Waals surface area contributed by atoms with Crippen molar-refractivity contribution < 1.29 is 9.59 Å². The lowest BCUT2D eigenvalue weighted by Crippen LogP contribution is -2.39. The van der Waals surface area contributed by atoms with Crippen molar-refractivity contribution in [2.75, 3.05) is 26.2 Å². The molecule has 2 atom stereocenters. The van der Waals surface area contributed by atoms with Crippen LogP contribution in [0.2, 0.25) is 0 Å². The van der Waals surface area contributed by atoms with Crippen molar-refractivity contribution in [1.29, 1.82) is 0 Å². The van der Waals surface area contributed by atoms with Gasteiger partial charge in [-0.05, 0) is 24.8 Å². The van der Waals surface area contributed by atoms with Gasteiger partial charge < -0.3 is 14.4 Å². The highest BCUT2D eigenvalue weighted by Crippen LogP contribution is 2.46. The van der Waals surface area contributed by atoms with E-state index in [0.29, 0.717) is 12.3 Å². The Balaban J connectivity index is 1.48. The quantitative estimate of drug-likeness (QED) is 0.719. The van der Waals surface area contributed by atoms with Crippen molar-refractivity contribution >= 4 is 11.8 Å². The van der Waals surface area contributed by atoms with E-state index in [-0.39, 0.29) is 23.8 Å². The lowest BCUT2D eigenvalue weighted by molar-refractivity contribution is -0.132. The Bertz CT molecular complexity index is 838. The molecule has 0 N–H and O–H groups in total. The number of likely N-dealkylation sites (tertiary alicyclic amines) is 2. The maximum Gasteiger partial charge on any atom is 0.242 e. The summed E-state index contributed by atoms with van der Waals surface area (Å²) in [4.78, 5) is 29.4. The molecule has 154 valence electrons. The Morgan fingerprint density at radius 2 is 1.69 bits per heavy atom. The van der Waals surface area contributed by atoms with Crippen LogP contribution in [0.15, 0.2) is 43.0 Å². The van der Waals surface area contributed by atoms with Crippen molar-refractivity contribution in [3.8, 4) is 0 Å². The number of carbonyl (C=O) groups is 2. The lowest BCUT2D eigenvalue weighted by Gasteiger charge is -2.29. The second-order valence-electron chi connectivity index (χ2n) is 8.48. The van der Waals surface area contributed by atoms with Gasteiger partial charge in [-0.3, -0.25) is 9.59 Å². The maximum absolute atomic E-state index is 12.8. The van der Waals surface area contributed by atoms with Gasteiger partial charge in [-0.25, -0.2) is 0 Å². The fourth-order valence-corrected chi connectivity index (χ4v) is 4.89. The van der Waals surface area contributed by atoms with E-state index >= 15 is 0 Å². The van der Waals surface area contributed by atoms with Gasteiger partial charge in [-0.1, -0.05) is 37.3 Å². The average molecular weight is 396 g/mol. The summed E-state index contributed by atoms with van der Waals surface area (Å²) in [5.74, 6) is 0.699. The van der Waals surface area contributed by atoms with Crippen LogP contribution in [0.5, 0.6) is 0 Å². The monoisotopic (exact) mass is 395 g/mol. The molecule has 2 saturated heterocycles. The minimum atomic E-state index is -0.0118. The van der Waals surface area contributed by atoms with Crippen LogP contribution >= 0.6 is 0 Å². The summed E-state index contributed by atoms with van der Waals surface area (Å²) in [5.41, 5.74) is 1.30. The normalized spacial score (nSPS) is 23.4. The zero-order valence-corrected chi connectivity index (χ0v) is 17.0. The fourth-order valence-electron chi connectivity index (χ4n) is 4.89. The predicted octanol–water partition coefficient (Wildman–Crippen LogP) is 2.00. The largest absolute Gasteiger partial charge is 0.342 e. The van der Waals surface area contributed by atoms with Gasteiger partial charge in [0.1, 0.15) is 19.2 Å². The Labute approximate surface area is 171 Å². The van der Waals surface area contributed by atoms with Gasteiger partial charge in [-0.2, -0.15) is 0 Å². The first-order valence-electron chi connectivity index (χ1n) is 10.5. The first kappa shape index (κ1) is 19.6. The molecular formula is C22H29N5O2. The van der Waals surface area contributed by atoms with E-state index in [9.17, 15) is 9.59 Å². The van der Waals surface area contributed by atoms with Gasteiger partial charge in [0, 0.05) is 43.9 Å². The van der Waals surface area contributed by atoms with Crippen LogP contribution in [0.3, 0.4) is 0 Å². The lowest BCUT2D eigenvalue weighted by atomic mass is 9.76. The molecule has 4 rings (SSSR count). The molecule has 1 aromatic carbocycles. The van der Waals surface area contributed by atoms with Gasteiger partial charge in [0.2, 0.25) is 11.8 Å². The summed E-state index contributed by atoms with van der Waals surface area (Å²) < 4.78 is 1.71. The Kier molecular flexibility index (Phi) is 5.65. The zero-order chi connectivity index (χ0) is 20.3. The number of hydrogen-bond donors (Lipinski definition) is 0. The summed E-state index contributed by atoms with van der Waals surface area (Å²) >= 11 is 0. The van der Waals surface area contributed by atoms with E-state index in [4.69, 9.17) is 0 Å². The minimum Gasteiger partial charge on any atom is -0.342 e. The van der Waals surface area contributed by atoms with Gasteiger partial charge in [0.05, 0.1) is 0 Å². The Morgan fingerprint density at radius 3 is 2.34 bits per heavy atom. The van der Waals surface area contributed by atoms with Crippen LogP contribution in [0, 0.1) is 11.3 Å². The van der Waals surface area contributed by atoms with Crippen LogP contribution in [-0.4, -0.2) is 62.6 Å². The summed E-state index contributed by atoms with van der Waals surface area (Å²) in [7, 11) is 0. The van der Waals surface area contributed by atoms with E-state index < -0.39 is 0 Å². The number of hydrogen-bond acceptors (Lipinski definition) is 4. The molecule has 2 unspecified atom stereocenters. The van der Waals surface area contributed by atoms with Crippen molar-refractivity contribution in [2.45, 2.75) is 39.2 Å². The highest BCUT2D eigenvalue weighted by atomic mass is 16.2. The van der Waals surface area contributed by atoms with Crippen molar-refractivity contribution in [3.63, 3.8) is 0 Å². The molecule has 2 amide bonds. The van der Waals surface area contributed by atoms with Crippen LogP contribution in [0.1, 0.15) is 31.7 Å². The third-order valence-electron chi connectivity index (χ3n) is 6.47. The van der Waals surface area contributed by atoms with Crippen molar-refractivity contribution in [3.05, 3.63) is 48.5 Å². The van der Waals surface area contributed by atoms with Crippen molar-refractivity contribution in [1.82, 2.24) is 24.6 Å². The summed E-state index contributed by atoms with van der Waals surface area (Å²) in [5, 5.41) is 7.56. The minimum absolute atomic E-state index is 0.0118. The SMILES string of the molecule is CCCC(=O)N1CC2CN(C(=O)Cn3cnnc3)CC2(CCc2ccccc2)C1. The zero-order valence-electron chi connectivity index (χ0n) is 17.0. The number of benzene rings is 1. The number of amides is 2. The molecule has 2 fully saturated rings. The number of nitrogens with zero attached hydrogens (tertiary/aromatic N) is 5. The first-order chi connectivity index (χ1) is 14.1. The van der Waals surface area contributed by atoms with Crippen LogP contribution in [0.25, 0.3) is 0 Å². The molecule has 0 bridgehead atoms. The fraction of sp³-hybridized carbons (Fsp3) is 0.545. The molecule has 0 spiro atoms. The van der Waals surface area contributed by atoms with E-state index in [1.165, 1.54) is 5.56 Å². The van der Waals surface area contributed by atoms with Crippen LogP contribution < -0.4 is 0 Å². The molecular weight excluding hydrogens is 366 g/mol. The van der Waals surface area contributed by atoms with Gasteiger partial charge >= 0.3 is 0 Å². The molecule has 7 nitrogen and oxygen atoms in total. The second-order valence-corrected chi connectivity index (χ2v) is 8.48. The molecule has 0 aliphatic carbocycles. The standard InChI is InChI=1S/C22H29N5O2/c1-2-6-20(28)26-11-19-12-27(21(29)13-25-16-23-24-17-25)15-22(19,14-26)10-9-18-7-4-3-5-8-18/h3-5,7-8,16-17,19H,2,6,9-15H2,1H3. The molecule has 0 radical (unpaired) electrons. The third kappa shape index (κ3) is 4.18. The summed E-state index contributed by atoms with van der Waals surface area (Å²) in [6.45, 7) is 5.30. The van der Waals surface area contributed by atoms with E-state index in [0.717, 1.165) is 45.4 Å². The second kappa shape index (κ2) is 8.35. The molecule has 2 aliphatic heterocycles. The first-order valence-corrected chi connectivity index (χ1v) is 10.5. The predicted molar refractivity (Wildman–Crippen MR) is 109 cm³/mol. The number of aromatic nitrogens is 3. The number of rotatable bonds is 7. The van der Waals surface area contributed by atoms with E-state index in [1.807, 2.05) is 22.8 Å². The number of fused-ring (bicyclic) bond motifs is 1. The average Bonchev–Trinajstić information content (AvgIpc) is 3.42. The van der Waals surface area contributed by atoms with Gasteiger partial charge in [-0.15, -0.1) is 10.2 Å². The topological polar surface area (TPSA) is 71.3 Å². The van der Waals surface area contributed by atoms with E-state index in [2.05, 4.69) is 34.5 Å². The number of aryl methyl sites for hydroxylation is 1. The van der Waals surface area contributed by atoms with E-state index in [1.54, 1.807) is 17.2 Å². The maximum atomic E-state index is 12.8. The third-order valence-corrected chi connectivity index (χ3v) is 6.47. The molecule has 3 heterocycles. The smallest absolute Gasteiger partial charge is 0.242 e. The van der Waals surface area contributed by atoms with Crippen LogP contribution in [0.4, 0.5) is 0 Å². The molecule has 1 aromatic heterocycles. The molecule has 7 heteroatoms. The van der Waals surface area contributed by atoms with Crippen molar-refractivity contribution in [2.24, 2.45) is 11.3 Å². The van der Waals surface area contributed by atoms with Crippen LogP contribution in [-0.2, 0) is 22.6 Å². The van der Waals surface area contributed by atoms with Gasteiger partial charge in [0.25, 0.3) is 0 Å².